The number of aromatic nitrogens is 2. The number of nitrogens with one attached hydrogen (secondary N) is 1. The van der Waals surface area contributed by atoms with E-state index >= 15 is 0 Å². The van der Waals surface area contributed by atoms with Crippen molar-refractivity contribution in [1.29, 1.82) is 0 Å². The molecule has 2 rings (SSSR count). The van der Waals surface area contributed by atoms with Crippen LogP contribution in [0.25, 0.3) is 0 Å². The van der Waals surface area contributed by atoms with E-state index in [-0.39, 0.29) is 24.8 Å². The minimum atomic E-state index is -4.12. The van der Waals surface area contributed by atoms with E-state index in [1.54, 1.807) is 10.9 Å². The van der Waals surface area contributed by atoms with Gasteiger partial charge in [0.15, 0.2) is 0 Å². The molecule has 4 nitrogen and oxygen atoms in total. The molecular formula is C13H20BrF3N4. The molecule has 0 spiro atoms. The van der Waals surface area contributed by atoms with Crippen molar-refractivity contribution in [2.24, 2.45) is 17.7 Å². The van der Waals surface area contributed by atoms with Crippen molar-refractivity contribution in [3.8, 4) is 0 Å². The molecule has 21 heavy (non-hydrogen) atoms. The predicted molar refractivity (Wildman–Crippen MR) is 77.2 cm³/mol. The number of rotatable bonds is 4. The fourth-order valence-electron chi connectivity index (χ4n) is 3.20. The first-order valence-electron chi connectivity index (χ1n) is 7.12. The summed E-state index contributed by atoms with van der Waals surface area (Å²) in [6.45, 7) is 2.59. The molecule has 3 N–H and O–H groups in total. The molecule has 120 valence electrons. The maximum Gasteiger partial charge on any atom is 0.391 e. The first-order valence-corrected chi connectivity index (χ1v) is 7.91. The molecule has 1 aromatic rings. The molecule has 0 aromatic carbocycles. The fourth-order valence-corrected chi connectivity index (χ4v) is 3.74. The van der Waals surface area contributed by atoms with E-state index in [1.165, 1.54) is 0 Å². The number of hydrogen-bond acceptors (Lipinski definition) is 3. The third-order valence-corrected chi connectivity index (χ3v) is 4.87. The summed E-state index contributed by atoms with van der Waals surface area (Å²) in [5, 5.41) is 4.22. The molecule has 0 saturated heterocycles. The Morgan fingerprint density at radius 2 is 2.24 bits per heavy atom. The largest absolute Gasteiger partial charge is 0.391 e. The second kappa shape index (κ2) is 6.66. The average Bonchev–Trinajstić information content (AvgIpc) is 2.81. The molecule has 0 bridgehead atoms. The van der Waals surface area contributed by atoms with Crippen LogP contribution in [0.15, 0.2) is 10.7 Å². The van der Waals surface area contributed by atoms with Gasteiger partial charge < -0.3 is 0 Å². The molecule has 0 amide bonds. The molecular weight excluding hydrogens is 349 g/mol. The zero-order valence-corrected chi connectivity index (χ0v) is 13.4. The number of alkyl halides is 3. The average molecular weight is 369 g/mol. The molecule has 0 radical (unpaired) electrons. The smallest absolute Gasteiger partial charge is 0.271 e. The maximum absolute atomic E-state index is 13.0. The lowest BCUT2D eigenvalue weighted by Crippen LogP contribution is -2.39. The third-order valence-electron chi connectivity index (χ3n) is 4.26. The van der Waals surface area contributed by atoms with Gasteiger partial charge in [-0.05, 0) is 48.0 Å². The second-order valence-electron chi connectivity index (χ2n) is 5.50. The SMILES string of the molecule is CCn1ncc(Br)c1C(NN)C1CCCC(C(F)(F)F)C1. The summed E-state index contributed by atoms with van der Waals surface area (Å²) in [6, 6.07) is -0.327. The second-order valence-corrected chi connectivity index (χ2v) is 6.36. The Morgan fingerprint density at radius 3 is 2.81 bits per heavy atom. The lowest BCUT2D eigenvalue weighted by Gasteiger charge is -2.35. The standard InChI is InChI=1S/C13H20BrF3N4/c1-2-21-12(10(14)7-19-21)11(20-18)8-4-3-5-9(6-8)13(15,16)17/h7-9,11,20H,2-6,18H2,1H3. The number of nitrogens with zero attached hydrogens (tertiary/aromatic N) is 2. The molecule has 8 heteroatoms. The minimum absolute atomic E-state index is 0.111. The molecule has 3 atom stereocenters. The number of hydrogen-bond donors (Lipinski definition) is 2. The topological polar surface area (TPSA) is 55.9 Å². The molecule has 1 fully saturated rings. The molecule has 1 saturated carbocycles. The summed E-state index contributed by atoms with van der Waals surface area (Å²) in [6.07, 6.45) is -0.827. The minimum Gasteiger partial charge on any atom is -0.271 e. The summed E-state index contributed by atoms with van der Waals surface area (Å²) in [4.78, 5) is 0. The maximum atomic E-state index is 13.0. The molecule has 1 aromatic heterocycles. The van der Waals surface area contributed by atoms with E-state index in [9.17, 15) is 13.2 Å². The van der Waals surface area contributed by atoms with Gasteiger partial charge in [0, 0.05) is 6.54 Å². The van der Waals surface area contributed by atoms with Gasteiger partial charge >= 0.3 is 6.18 Å². The Labute approximate surface area is 130 Å². The van der Waals surface area contributed by atoms with Crippen LogP contribution in [-0.4, -0.2) is 16.0 Å². The van der Waals surface area contributed by atoms with Crippen molar-refractivity contribution in [3.05, 3.63) is 16.4 Å². The molecule has 3 unspecified atom stereocenters. The highest BCUT2D eigenvalue weighted by atomic mass is 79.9. The van der Waals surface area contributed by atoms with Crippen molar-refractivity contribution >= 4 is 15.9 Å². The number of nitrogens with two attached hydrogens (primary N) is 1. The van der Waals surface area contributed by atoms with E-state index in [0.29, 0.717) is 13.0 Å². The summed E-state index contributed by atoms with van der Waals surface area (Å²) in [5.41, 5.74) is 3.53. The molecule has 1 aliphatic carbocycles. The summed E-state index contributed by atoms with van der Waals surface area (Å²) in [7, 11) is 0. The van der Waals surface area contributed by atoms with E-state index in [1.807, 2.05) is 6.92 Å². The number of hydrazine groups is 1. The zero-order chi connectivity index (χ0) is 15.6. The van der Waals surface area contributed by atoms with Crippen LogP contribution in [0.2, 0.25) is 0 Å². The van der Waals surface area contributed by atoms with Crippen molar-refractivity contribution in [3.63, 3.8) is 0 Å². The van der Waals surface area contributed by atoms with Crippen molar-refractivity contribution in [2.75, 3.05) is 0 Å². The van der Waals surface area contributed by atoms with E-state index in [0.717, 1.165) is 16.6 Å². The van der Waals surface area contributed by atoms with Crippen LogP contribution >= 0.6 is 15.9 Å². The van der Waals surface area contributed by atoms with Crippen LogP contribution in [0.5, 0.6) is 0 Å². The van der Waals surface area contributed by atoms with Gasteiger partial charge in [0.05, 0.1) is 28.3 Å². The highest BCUT2D eigenvalue weighted by molar-refractivity contribution is 9.10. The Hall–Kier alpha value is -0.600. The van der Waals surface area contributed by atoms with Crippen molar-refractivity contribution in [2.45, 2.75) is 51.4 Å². The summed E-state index contributed by atoms with van der Waals surface area (Å²) < 4.78 is 41.5. The van der Waals surface area contributed by atoms with Crippen LogP contribution in [0.4, 0.5) is 13.2 Å². The lowest BCUT2D eigenvalue weighted by atomic mass is 9.77. The Kier molecular flexibility index (Phi) is 5.32. The van der Waals surface area contributed by atoms with Crippen LogP contribution in [0.1, 0.15) is 44.3 Å². The van der Waals surface area contributed by atoms with Crippen LogP contribution in [0.3, 0.4) is 0 Å². The predicted octanol–water partition coefficient (Wildman–Crippen LogP) is 3.54. The molecule has 1 heterocycles. The quantitative estimate of drug-likeness (QED) is 0.631. The first kappa shape index (κ1) is 16.8. The first-order chi connectivity index (χ1) is 9.88. The van der Waals surface area contributed by atoms with Gasteiger partial charge in [-0.15, -0.1) is 0 Å². The van der Waals surface area contributed by atoms with Crippen molar-refractivity contribution in [1.82, 2.24) is 15.2 Å². The Bertz CT molecular complexity index is 474. The van der Waals surface area contributed by atoms with Crippen LogP contribution < -0.4 is 11.3 Å². The number of aryl methyl sites for hydroxylation is 1. The lowest BCUT2D eigenvalue weighted by molar-refractivity contribution is -0.186. The van der Waals surface area contributed by atoms with Crippen molar-refractivity contribution < 1.29 is 13.2 Å². The van der Waals surface area contributed by atoms with E-state index in [2.05, 4.69) is 26.5 Å². The van der Waals surface area contributed by atoms with Gasteiger partial charge in [-0.25, -0.2) is 0 Å². The van der Waals surface area contributed by atoms with Gasteiger partial charge in [-0.1, -0.05) is 6.42 Å². The van der Waals surface area contributed by atoms with Gasteiger partial charge in [0.25, 0.3) is 0 Å². The molecule has 1 aliphatic rings. The van der Waals surface area contributed by atoms with Crippen LogP contribution in [-0.2, 0) is 6.54 Å². The highest BCUT2D eigenvalue weighted by Crippen LogP contribution is 2.44. The van der Waals surface area contributed by atoms with Gasteiger partial charge in [0.2, 0.25) is 0 Å². The monoisotopic (exact) mass is 368 g/mol. The van der Waals surface area contributed by atoms with E-state index in [4.69, 9.17) is 5.84 Å². The van der Waals surface area contributed by atoms with E-state index < -0.39 is 12.1 Å². The van der Waals surface area contributed by atoms with Gasteiger partial charge in [-0.3, -0.25) is 16.0 Å². The molecule has 0 aliphatic heterocycles. The third kappa shape index (κ3) is 3.60. The van der Waals surface area contributed by atoms with Gasteiger partial charge in [-0.2, -0.15) is 18.3 Å². The summed E-state index contributed by atoms with van der Waals surface area (Å²) in [5.74, 6) is 4.27. The highest BCUT2D eigenvalue weighted by Gasteiger charge is 2.44. The normalized spacial score (nSPS) is 25.0. The Morgan fingerprint density at radius 1 is 1.52 bits per heavy atom. The Balaban J connectivity index is 2.23. The fraction of sp³-hybridized carbons (Fsp3) is 0.769. The van der Waals surface area contributed by atoms with Gasteiger partial charge in [0.1, 0.15) is 0 Å². The summed E-state index contributed by atoms with van der Waals surface area (Å²) >= 11 is 3.42. The number of halogens is 4. The van der Waals surface area contributed by atoms with Crippen LogP contribution in [0, 0.1) is 11.8 Å². The zero-order valence-electron chi connectivity index (χ0n) is 11.8.